The Kier molecular flexibility index (Phi) is 9.75. The minimum atomic E-state index is -1.70. The molecule has 0 bridgehead atoms. The summed E-state index contributed by atoms with van der Waals surface area (Å²) in [6, 6.07) is 9.21. The predicted molar refractivity (Wildman–Crippen MR) is 142 cm³/mol. The number of amides is 1. The van der Waals surface area contributed by atoms with Gasteiger partial charge in [0, 0.05) is 25.2 Å². The molecule has 37 heavy (non-hydrogen) atoms. The Morgan fingerprint density at radius 1 is 1.32 bits per heavy atom. The maximum atomic E-state index is 15.9. The molecule has 9 nitrogen and oxygen atoms in total. The number of nitrogens with one attached hydrogen (secondary N) is 1. The Morgan fingerprint density at radius 2 is 2.03 bits per heavy atom. The number of anilines is 1. The van der Waals surface area contributed by atoms with E-state index < -0.39 is 44.4 Å². The summed E-state index contributed by atoms with van der Waals surface area (Å²) in [6.07, 6.45) is -0.896. The fourth-order valence-electron chi connectivity index (χ4n) is 4.37. The van der Waals surface area contributed by atoms with E-state index in [9.17, 15) is 9.59 Å². The van der Waals surface area contributed by atoms with Crippen LogP contribution >= 0.6 is 8.53 Å². The molecule has 1 N–H and O–H groups in total. The molecule has 1 aromatic carbocycles. The van der Waals surface area contributed by atoms with Gasteiger partial charge < -0.3 is 19.2 Å². The summed E-state index contributed by atoms with van der Waals surface area (Å²) in [5.41, 5.74) is -0.280. The third-order valence-electron chi connectivity index (χ3n) is 6.02. The summed E-state index contributed by atoms with van der Waals surface area (Å²) in [5.74, 6) is -0.803. The van der Waals surface area contributed by atoms with E-state index in [1.807, 2.05) is 32.4 Å². The molecule has 1 saturated carbocycles. The molecule has 0 spiro atoms. The number of carbonyl (C=O) groups is 1. The molecule has 1 amide bonds. The van der Waals surface area contributed by atoms with Crippen LogP contribution in [0.25, 0.3) is 4.85 Å². The van der Waals surface area contributed by atoms with Gasteiger partial charge in [-0.1, -0.05) is 25.1 Å². The normalized spacial score (nSPS) is 22.7. The molecule has 1 aromatic heterocycles. The molecule has 3 rings (SSSR count). The lowest BCUT2D eigenvalue weighted by atomic mass is 10.1. The molecular weight excluding hydrogens is 496 g/mol. The molecule has 1 unspecified atom stereocenters. The summed E-state index contributed by atoms with van der Waals surface area (Å²) in [4.78, 5) is 32.5. The van der Waals surface area contributed by atoms with Crippen molar-refractivity contribution in [2.45, 2.75) is 71.4 Å². The van der Waals surface area contributed by atoms with Crippen molar-refractivity contribution in [3.63, 3.8) is 0 Å². The van der Waals surface area contributed by atoms with Gasteiger partial charge in [0.05, 0.1) is 6.04 Å². The SMILES string of the molecule is [2H]C[C@H]1C[C@@H](n2ccc(NC(=O)c3ccccc3)nc2=O)[C@H](F)[C@@H]1OP(OCC[N+]#[C-])N(C(C)C)C(C)C. The van der Waals surface area contributed by atoms with Crippen molar-refractivity contribution in [1.82, 2.24) is 14.2 Å². The summed E-state index contributed by atoms with van der Waals surface area (Å²) < 4.78 is 39.4. The van der Waals surface area contributed by atoms with Gasteiger partial charge in [0.25, 0.3) is 14.4 Å². The van der Waals surface area contributed by atoms with Crippen molar-refractivity contribution < 1.29 is 19.6 Å². The molecule has 200 valence electrons. The number of halogens is 1. The van der Waals surface area contributed by atoms with E-state index >= 15 is 4.39 Å². The molecule has 0 saturated heterocycles. The van der Waals surface area contributed by atoms with Crippen LogP contribution in [0.15, 0.2) is 47.4 Å². The number of hydrogen-bond acceptors (Lipinski definition) is 6. The van der Waals surface area contributed by atoms with Crippen LogP contribution in [0.4, 0.5) is 10.2 Å². The van der Waals surface area contributed by atoms with Crippen molar-refractivity contribution >= 4 is 20.3 Å². The summed E-state index contributed by atoms with van der Waals surface area (Å²) in [7, 11) is -1.70. The zero-order valence-electron chi connectivity index (χ0n) is 22.6. The number of aromatic nitrogens is 2. The molecule has 11 heteroatoms. The molecule has 1 aliphatic rings. The minimum absolute atomic E-state index is 0.0456. The first-order valence-electron chi connectivity index (χ1n) is 13.0. The highest BCUT2D eigenvalue weighted by Gasteiger charge is 2.46. The third kappa shape index (κ3) is 7.20. The van der Waals surface area contributed by atoms with Gasteiger partial charge in [-0.05, 0) is 58.2 Å². The Hall–Kier alpha value is -2.70. The molecule has 0 radical (unpaired) electrons. The minimum Gasteiger partial charge on any atom is -0.315 e. The van der Waals surface area contributed by atoms with Crippen LogP contribution in [0.5, 0.6) is 0 Å². The van der Waals surface area contributed by atoms with Gasteiger partial charge in [-0.15, -0.1) is 0 Å². The number of nitrogens with zero attached hydrogens (tertiary/aromatic N) is 4. The molecular formula is C26H35FN5O4P. The van der Waals surface area contributed by atoms with Crippen LogP contribution in [0.3, 0.4) is 0 Å². The second-order valence-corrected chi connectivity index (χ2v) is 10.8. The lowest BCUT2D eigenvalue weighted by Crippen LogP contribution is -2.37. The van der Waals surface area contributed by atoms with Gasteiger partial charge in [0.15, 0.2) is 0 Å². The first-order valence-corrected chi connectivity index (χ1v) is 13.4. The van der Waals surface area contributed by atoms with E-state index in [1.165, 1.54) is 16.8 Å². The predicted octanol–water partition coefficient (Wildman–Crippen LogP) is 5.08. The maximum absolute atomic E-state index is 15.9. The van der Waals surface area contributed by atoms with Crippen LogP contribution in [0.2, 0.25) is 0 Å². The number of carbonyl (C=O) groups excluding carboxylic acids is 1. The average Bonchev–Trinajstić information content (AvgIpc) is 3.19. The van der Waals surface area contributed by atoms with Crippen LogP contribution in [-0.2, 0) is 9.05 Å². The van der Waals surface area contributed by atoms with Gasteiger partial charge >= 0.3 is 5.69 Å². The number of benzene rings is 1. The number of rotatable bonds is 11. The van der Waals surface area contributed by atoms with E-state index in [0.29, 0.717) is 5.56 Å². The summed E-state index contributed by atoms with van der Waals surface area (Å²) in [6.45, 7) is 15.2. The van der Waals surface area contributed by atoms with E-state index in [4.69, 9.17) is 17.0 Å². The molecule has 5 atom stereocenters. The van der Waals surface area contributed by atoms with E-state index in [1.54, 1.807) is 30.3 Å². The fraction of sp³-hybridized carbons (Fsp3) is 0.538. The lowest BCUT2D eigenvalue weighted by molar-refractivity contribution is 0.0608. The highest BCUT2D eigenvalue weighted by atomic mass is 31.2. The highest BCUT2D eigenvalue weighted by molar-refractivity contribution is 7.44. The summed E-state index contributed by atoms with van der Waals surface area (Å²) >= 11 is 0. The van der Waals surface area contributed by atoms with Crippen molar-refractivity contribution in [2.24, 2.45) is 5.92 Å². The smallest absolute Gasteiger partial charge is 0.315 e. The largest absolute Gasteiger partial charge is 0.349 e. The van der Waals surface area contributed by atoms with Crippen LogP contribution in [-0.4, -0.2) is 57.6 Å². The van der Waals surface area contributed by atoms with Gasteiger partial charge in [-0.25, -0.2) is 20.4 Å². The van der Waals surface area contributed by atoms with E-state index in [0.717, 1.165) is 0 Å². The quantitative estimate of drug-likeness (QED) is 0.247. The van der Waals surface area contributed by atoms with Crippen LogP contribution in [0, 0.1) is 12.5 Å². The van der Waals surface area contributed by atoms with E-state index in [2.05, 4.69) is 15.1 Å². The highest BCUT2D eigenvalue weighted by Crippen LogP contribution is 2.51. The number of hydrogen-bond donors (Lipinski definition) is 1. The molecule has 2 aromatic rings. The molecule has 1 fully saturated rings. The Balaban J connectivity index is 1.79. The van der Waals surface area contributed by atoms with E-state index in [-0.39, 0.29) is 44.4 Å². The van der Waals surface area contributed by atoms with Crippen molar-refractivity contribution in [3.05, 3.63) is 70.1 Å². The Morgan fingerprint density at radius 3 is 2.62 bits per heavy atom. The summed E-state index contributed by atoms with van der Waals surface area (Å²) in [5, 5.41) is 2.59. The number of alkyl halides is 1. The van der Waals surface area contributed by atoms with Crippen LogP contribution < -0.4 is 11.0 Å². The molecule has 1 heterocycles. The maximum Gasteiger partial charge on any atom is 0.349 e. The Bertz CT molecular complexity index is 1150. The van der Waals surface area contributed by atoms with Crippen molar-refractivity contribution in [1.29, 1.82) is 0 Å². The third-order valence-corrected chi connectivity index (χ3v) is 8.15. The van der Waals surface area contributed by atoms with Gasteiger partial charge in [-0.3, -0.25) is 9.36 Å². The van der Waals surface area contributed by atoms with Crippen LogP contribution in [0.1, 0.15) is 58.8 Å². The topological polar surface area (TPSA) is 90.0 Å². The second-order valence-electron chi connectivity index (χ2n) is 9.42. The first-order chi connectivity index (χ1) is 18.2. The van der Waals surface area contributed by atoms with Crippen molar-refractivity contribution in [3.8, 4) is 0 Å². The van der Waals surface area contributed by atoms with Gasteiger partial charge in [-0.2, -0.15) is 4.98 Å². The van der Waals surface area contributed by atoms with Gasteiger partial charge in [0.1, 0.15) is 24.7 Å². The molecule has 1 aliphatic carbocycles. The zero-order valence-corrected chi connectivity index (χ0v) is 22.5. The molecule has 0 aliphatic heterocycles. The van der Waals surface area contributed by atoms with Gasteiger partial charge in [0.2, 0.25) is 6.54 Å². The second kappa shape index (κ2) is 13.2. The zero-order chi connectivity index (χ0) is 27.8. The monoisotopic (exact) mass is 532 g/mol. The fourth-order valence-corrected chi connectivity index (χ4v) is 6.16. The first kappa shape index (κ1) is 27.3. The lowest BCUT2D eigenvalue weighted by Gasteiger charge is -2.37. The average molecular weight is 533 g/mol. The standard InChI is InChI=1S/C26H35FN5O4P/c1-17(2)32(18(3)4)37(35-15-13-28-6)36-24-19(5)16-21(23(24)27)31-14-12-22(30-26(31)34)29-25(33)20-10-8-7-9-11-20/h7-12,14,17-19,21,23-24H,13,15-16H2,1-5H3,(H,29,30,33,34)/t19-,21+,23-,24+,37?/m0/s1/i5D. The van der Waals surface area contributed by atoms with Crippen molar-refractivity contribution in [2.75, 3.05) is 18.5 Å². The Labute approximate surface area is 220 Å².